The molecule has 0 spiro atoms. The van der Waals surface area contributed by atoms with Gasteiger partial charge in [0.25, 0.3) is 5.71 Å². The minimum Gasteiger partial charge on any atom is -0.545 e. The summed E-state index contributed by atoms with van der Waals surface area (Å²) < 4.78 is 5.01. The van der Waals surface area contributed by atoms with Crippen molar-refractivity contribution in [1.82, 2.24) is 10.1 Å². The van der Waals surface area contributed by atoms with Crippen LogP contribution >= 0.6 is 0 Å². The van der Waals surface area contributed by atoms with Crippen molar-refractivity contribution < 1.29 is 14.4 Å². The molecule has 82 valence electrons. The Balaban J connectivity index is 2.32. The number of carbonyl (C=O) groups excluding carboxylic acids is 1. The fraction of sp³-hybridized carbons (Fsp3) is 0.364. The van der Waals surface area contributed by atoms with Crippen molar-refractivity contribution in [2.75, 3.05) is 0 Å². The highest BCUT2D eigenvalue weighted by molar-refractivity contribution is 6.01. The fourth-order valence-electron chi connectivity index (χ4n) is 1.86. The van der Waals surface area contributed by atoms with E-state index >= 15 is 0 Å². The van der Waals surface area contributed by atoms with Gasteiger partial charge in [0.15, 0.2) is 0 Å². The van der Waals surface area contributed by atoms with E-state index in [0.29, 0.717) is 22.7 Å². The quantitative estimate of drug-likeness (QED) is 0.742. The van der Waals surface area contributed by atoms with E-state index in [-0.39, 0.29) is 5.56 Å². The molecule has 0 bridgehead atoms. The lowest BCUT2D eigenvalue weighted by atomic mass is 10.1. The zero-order valence-corrected chi connectivity index (χ0v) is 8.69. The molecule has 5 nitrogen and oxygen atoms in total. The molecule has 3 rings (SSSR count). The maximum absolute atomic E-state index is 11.1. The molecule has 5 heteroatoms. The second-order valence-electron chi connectivity index (χ2n) is 4.10. The molecule has 2 aromatic rings. The van der Waals surface area contributed by atoms with Crippen LogP contribution < -0.4 is 5.11 Å². The predicted octanol–water partition coefficient (Wildman–Crippen LogP) is 0.772. The third-order valence-electron chi connectivity index (χ3n) is 2.85. The summed E-state index contributed by atoms with van der Waals surface area (Å²) in [5, 5.41) is 15.2. The molecule has 0 saturated heterocycles. The Kier molecular flexibility index (Phi) is 1.77. The Morgan fingerprint density at radius 1 is 1.56 bits per heavy atom. The van der Waals surface area contributed by atoms with E-state index in [2.05, 4.69) is 10.1 Å². The minimum atomic E-state index is -1.21. The molecule has 0 aliphatic heterocycles. The number of nitrogens with zero attached hydrogens (tertiary/aromatic N) is 2. The third-order valence-corrected chi connectivity index (χ3v) is 2.85. The van der Waals surface area contributed by atoms with Gasteiger partial charge in [-0.05, 0) is 25.8 Å². The van der Waals surface area contributed by atoms with Gasteiger partial charge in [-0.15, -0.1) is 0 Å². The molecule has 0 atom stereocenters. The van der Waals surface area contributed by atoms with Crippen molar-refractivity contribution in [3.05, 3.63) is 23.0 Å². The van der Waals surface area contributed by atoms with E-state index in [1.807, 2.05) is 0 Å². The Morgan fingerprint density at radius 3 is 2.94 bits per heavy atom. The van der Waals surface area contributed by atoms with Crippen molar-refractivity contribution in [1.29, 1.82) is 0 Å². The topological polar surface area (TPSA) is 79.0 Å². The average Bonchev–Trinajstić information content (AvgIpc) is 3.03. The Bertz CT molecular complexity index is 584. The summed E-state index contributed by atoms with van der Waals surface area (Å²) in [6, 6.07) is 1.58. The first kappa shape index (κ1) is 9.33. The first-order valence-corrected chi connectivity index (χ1v) is 5.15. The molecule has 1 aliphatic rings. The number of pyridine rings is 1. The van der Waals surface area contributed by atoms with Crippen LogP contribution in [0.5, 0.6) is 0 Å². The van der Waals surface area contributed by atoms with Gasteiger partial charge in [0.1, 0.15) is 0 Å². The van der Waals surface area contributed by atoms with Gasteiger partial charge in [-0.2, -0.15) is 0 Å². The lowest BCUT2D eigenvalue weighted by molar-refractivity contribution is -0.254. The number of fused-ring (bicyclic) bond motifs is 1. The summed E-state index contributed by atoms with van der Waals surface area (Å²) in [4.78, 5) is 15.3. The minimum absolute atomic E-state index is 0.130. The summed E-state index contributed by atoms with van der Waals surface area (Å²) in [5.74, 6) is -0.839. The van der Waals surface area contributed by atoms with Gasteiger partial charge in [0, 0.05) is 17.2 Å². The zero-order chi connectivity index (χ0) is 11.3. The van der Waals surface area contributed by atoms with Gasteiger partial charge in [-0.25, -0.2) is 4.98 Å². The molecule has 16 heavy (non-hydrogen) atoms. The lowest BCUT2D eigenvalue weighted by Gasteiger charge is -2.05. The Hall–Kier alpha value is -1.91. The van der Waals surface area contributed by atoms with Crippen molar-refractivity contribution in [3.8, 4) is 0 Å². The number of aromatic nitrogens is 2. The van der Waals surface area contributed by atoms with Gasteiger partial charge in [-0.3, -0.25) is 0 Å². The van der Waals surface area contributed by atoms with Crippen molar-refractivity contribution in [2.24, 2.45) is 0 Å². The highest BCUT2D eigenvalue weighted by Crippen LogP contribution is 2.40. The molecule has 1 fully saturated rings. The molecule has 0 unspecified atom stereocenters. The fourth-order valence-corrected chi connectivity index (χ4v) is 1.86. The van der Waals surface area contributed by atoms with Crippen molar-refractivity contribution in [2.45, 2.75) is 25.7 Å². The van der Waals surface area contributed by atoms with Gasteiger partial charge < -0.3 is 14.4 Å². The zero-order valence-electron chi connectivity index (χ0n) is 8.69. The summed E-state index contributed by atoms with van der Waals surface area (Å²) in [5.41, 5.74) is 1.72. The van der Waals surface area contributed by atoms with Crippen LogP contribution in [0.15, 0.2) is 10.6 Å². The smallest absolute Gasteiger partial charge is 0.258 e. The summed E-state index contributed by atoms with van der Waals surface area (Å²) in [6.45, 7) is 1.69. The van der Waals surface area contributed by atoms with Crippen LogP contribution in [-0.2, 0) is 0 Å². The van der Waals surface area contributed by atoms with Gasteiger partial charge in [0.05, 0.1) is 17.0 Å². The van der Waals surface area contributed by atoms with Gasteiger partial charge in [-0.1, -0.05) is 5.16 Å². The molecule has 0 amide bonds. The SMILES string of the molecule is Cc1noc2nc(C3CC3)cc(C(=O)[O-])c12. The molecule has 1 saturated carbocycles. The van der Waals surface area contributed by atoms with Crippen molar-refractivity contribution >= 4 is 17.1 Å². The maximum Gasteiger partial charge on any atom is 0.258 e. The molecular weight excluding hydrogens is 208 g/mol. The van der Waals surface area contributed by atoms with Crippen LogP contribution in [0.25, 0.3) is 11.1 Å². The molecule has 0 aromatic carbocycles. The standard InChI is InChI=1S/C11H10N2O3/c1-5-9-7(11(14)15)4-8(6-2-3-6)12-10(9)16-13-5/h4,6H,2-3H2,1H3,(H,14,15)/p-1. The van der Waals surface area contributed by atoms with E-state index in [1.54, 1.807) is 13.0 Å². The number of rotatable bonds is 2. The Labute approximate surface area is 91.1 Å². The molecule has 2 aromatic heterocycles. The summed E-state index contributed by atoms with van der Waals surface area (Å²) >= 11 is 0. The molecule has 1 aliphatic carbocycles. The average molecular weight is 217 g/mol. The van der Waals surface area contributed by atoms with Crippen LogP contribution in [0.2, 0.25) is 0 Å². The summed E-state index contributed by atoms with van der Waals surface area (Å²) in [6.07, 6.45) is 2.11. The monoisotopic (exact) mass is 217 g/mol. The number of hydrogen-bond acceptors (Lipinski definition) is 5. The van der Waals surface area contributed by atoms with Crippen LogP contribution in [-0.4, -0.2) is 16.1 Å². The van der Waals surface area contributed by atoms with E-state index < -0.39 is 5.97 Å². The summed E-state index contributed by atoms with van der Waals surface area (Å²) in [7, 11) is 0. The van der Waals surface area contributed by atoms with Gasteiger partial charge >= 0.3 is 0 Å². The molecule has 0 radical (unpaired) electrons. The normalized spacial score (nSPS) is 15.6. The van der Waals surface area contributed by atoms with E-state index in [1.165, 1.54) is 0 Å². The number of hydrogen-bond donors (Lipinski definition) is 0. The lowest BCUT2D eigenvalue weighted by Crippen LogP contribution is -2.23. The third kappa shape index (κ3) is 1.28. The van der Waals surface area contributed by atoms with Crippen LogP contribution in [0, 0.1) is 6.92 Å². The van der Waals surface area contributed by atoms with Gasteiger partial charge in [0.2, 0.25) is 0 Å². The van der Waals surface area contributed by atoms with E-state index in [9.17, 15) is 9.90 Å². The number of carbonyl (C=O) groups is 1. The van der Waals surface area contributed by atoms with E-state index in [0.717, 1.165) is 18.5 Å². The highest BCUT2D eigenvalue weighted by Gasteiger charge is 2.27. The van der Waals surface area contributed by atoms with Crippen molar-refractivity contribution in [3.63, 3.8) is 0 Å². The first-order chi connectivity index (χ1) is 7.66. The largest absolute Gasteiger partial charge is 0.545 e. The molecule has 2 heterocycles. The number of aryl methyl sites for hydroxylation is 1. The van der Waals surface area contributed by atoms with Crippen LogP contribution in [0.4, 0.5) is 0 Å². The molecule has 0 N–H and O–H groups in total. The predicted molar refractivity (Wildman–Crippen MR) is 52.8 cm³/mol. The van der Waals surface area contributed by atoms with Crippen LogP contribution in [0.1, 0.15) is 40.5 Å². The number of carboxylic acids is 1. The first-order valence-electron chi connectivity index (χ1n) is 5.15. The number of carboxylic acid groups (broad SMARTS) is 1. The van der Waals surface area contributed by atoms with Crippen LogP contribution in [0.3, 0.4) is 0 Å². The molecular formula is C11H9N2O3-. The number of aromatic carboxylic acids is 1. The second-order valence-corrected chi connectivity index (χ2v) is 4.10. The van der Waals surface area contributed by atoms with E-state index in [4.69, 9.17) is 4.52 Å². The second kappa shape index (κ2) is 3.04. The maximum atomic E-state index is 11.1. The Morgan fingerprint density at radius 2 is 2.31 bits per heavy atom. The highest BCUT2D eigenvalue weighted by atomic mass is 16.5.